The molecule has 7 nitrogen and oxygen atoms in total. The molecule has 0 aromatic heterocycles. The number of carbonyl (C=O) groups excluding carboxylic acids is 2. The van der Waals surface area contributed by atoms with E-state index in [4.69, 9.17) is 0 Å². The Balaban J connectivity index is 2.13. The molecule has 2 aromatic rings. The van der Waals surface area contributed by atoms with Gasteiger partial charge in [0.1, 0.15) is 5.69 Å². The molecule has 0 atom stereocenters. The first kappa shape index (κ1) is 20.7. The van der Waals surface area contributed by atoms with Crippen molar-refractivity contribution in [1.82, 2.24) is 0 Å². The monoisotopic (exact) mass is 404 g/mol. The van der Waals surface area contributed by atoms with E-state index in [1.807, 2.05) is 0 Å². The van der Waals surface area contributed by atoms with Crippen LogP contribution in [0.25, 0.3) is 0 Å². The molecule has 0 aliphatic carbocycles. The van der Waals surface area contributed by atoms with E-state index in [1.165, 1.54) is 24.4 Å². The van der Waals surface area contributed by atoms with Crippen molar-refractivity contribution >= 4 is 23.3 Å². The van der Waals surface area contributed by atoms with Crippen molar-refractivity contribution in [2.45, 2.75) is 6.92 Å². The number of amides is 1. The van der Waals surface area contributed by atoms with E-state index in [-0.39, 0.29) is 16.8 Å². The molecule has 0 aliphatic rings. The van der Waals surface area contributed by atoms with Crippen molar-refractivity contribution in [3.05, 3.63) is 68.5 Å². The molecule has 0 aliphatic heterocycles. The summed E-state index contributed by atoms with van der Waals surface area (Å²) in [5.41, 5.74) is -2.31. The lowest BCUT2D eigenvalue weighted by Crippen LogP contribution is -2.23. The van der Waals surface area contributed by atoms with Crippen LogP contribution in [0.15, 0.2) is 18.2 Å². The van der Waals surface area contributed by atoms with Crippen molar-refractivity contribution in [2.75, 3.05) is 11.9 Å². The largest absolute Gasteiger partial charge is 0.452 e. The highest BCUT2D eigenvalue weighted by Crippen LogP contribution is 2.27. The Morgan fingerprint density at radius 2 is 1.57 bits per heavy atom. The van der Waals surface area contributed by atoms with Crippen LogP contribution in [0.5, 0.6) is 0 Å². The van der Waals surface area contributed by atoms with Crippen LogP contribution in [0.3, 0.4) is 0 Å². The maximum absolute atomic E-state index is 13.5. The van der Waals surface area contributed by atoms with Crippen molar-refractivity contribution < 1.29 is 41.2 Å². The van der Waals surface area contributed by atoms with Crippen LogP contribution in [0.1, 0.15) is 15.9 Å². The van der Waals surface area contributed by atoms with Crippen LogP contribution in [-0.2, 0) is 9.53 Å². The minimum atomic E-state index is -2.40. The fourth-order valence-electron chi connectivity index (χ4n) is 2.14. The molecule has 0 spiro atoms. The molecule has 28 heavy (non-hydrogen) atoms. The third-order valence-corrected chi connectivity index (χ3v) is 3.53. The molecule has 0 unspecified atom stereocenters. The number of carbonyl (C=O) groups is 2. The molecule has 0 saturated carbocycles. The van der Waals surface area contributed by atoms with Gasteiger partial charge in [0.05, 0.1) is 10.5 Å². The summed E-state index contributed by atoms with van der Waals surface area (Å²) in [5.74, 6) is -14.1. The highest BCUT2D eigenvalue weighted by atomic mass is 19.2. The molecule has 1 amide bonds. The molecule has 148 valence electrons. The Morgan fingerprint density at radius 1 is 1.04 bits per heavy atom. The number of ether oxygens (including phenoxy) is 1. The molecule has 12 heteroatoms. The third kappa shape index (κ3) is 3.89. The second-order valence-corrected chi connectivity index (χ2v) is 5.28. The first-order chi connectivity index (χ1) is 13.1. The van der Waals surface area contributed by atoms with E-state index in [2.05, 4.69) is 4.74 Å². The molecule has 0 saturated heterocycles. The van der Waals surface area contributed by atoms with E-state index in [0.29, 0.717) is 0 Å². The summed E-state index contributed by atoms with van der Waals surface area (Å²) in [6, 6.07) is 3.49. The first-order valence-corrected chi connectivity index (χ1v) is 7.28. The Kier molecular flexibility index (Phi) is 5.91. The number of hydrogen-bond acceptors (Lipinski definition) is 5. The summed E-state index contributed by atoms with van der Waals surface area (Å²) in [4.78, 5) is 33.7. The van der Waals surface area contributed by atoms with Crippen LogP contribution < -0.4 is 5.32 Å². The molecular formula is C16H9F5N2O5. The van der Waals surface area contributed by atoms with Gasteiger partial charge >= 0.3 is 5.97 Å². The number of rotatable bonds is 5. The predicted molar refractivity (Wildman–Crippen MR) is 83.0 cm³/mol. The van der Waals surface area contributed by atoms with Crippen LogP contribution in [0, 0.1) is 46.1 Å². The van der Waals surface area contributed by atoms with Gasteiger partial charge in [-0.15, -0.1) is 0 Å². The van der Waals surface area contributed by atoms with Gasteiger partial charge in [0.25, 0.3) is 11.6 Å². The average molecular weight is 404 g/mol. The number of anilines is 1. The van der Waals surface area contributed by atoms with Gasteiger partial charge in [-0.2, -0.15) is 0 Å². The fraction of sp³-hybridized carbons (Fsp3) is 0.125. The summed E-state index contributed by atoms with van der Waals surface area (Å²) in [7, 11) is 0. The minimum Gasteiger partial charge on any atom is -0.452 e. The third-order valence-electron chi connectivity index (χ3n) is 3.53. The van der Waals surface area contributed by atoms with Crippen molar-refractivity contribution in [3.63, 3.8) is 0 Å². The van der Waals surface area contributed by atoms with Crippen LogP contribution in [0.2, 0.25) is 0 Å². The van der Waals surface area contributed by atoms with Gasteiger partial charge < -0.3 is 10.1 Å². The van der Waals surface area contributed by atoms with E-state index in [9.17, 15) is 41.7 Å². The van der Waals surface area contributed by atoms with E-state index in [1.54, 1.807) is 0 Å². The molecule has 2 aromatic carbocycles. The van der Waals surface area contributed by atoms with Crippen molar-refractivity contribution in [1.29, 1.82) is 0 Å². The smallest absolute Gasteiger partial charge is 0.339 e. The van der Waals surface area contributed by atoms with Gasteiger partial charge in [-0.05, 0) is 13.0 Å². The van der Waals surface area contributed by atoms with Gasteiger partial charge in [0, 0.05) is 11.6 Å². The first-order valence-electron chi connectivity index (χ1n) is 7.28. The number of nitro groups is 1. The van der Waals surface area contributed by atoms with Gasteiger partial charge in [-0.1, -0.05) is 6.07 Å². The second-order valence-electron chi connectivity index (χ2n) is 5.28. The van der Waals surface area contributed by atoms with Crippen LogP contribution in [-0.4, -0.2) is 23.4 Å². The van der Waals surface area contributed by atoms with E-state index in [0.717, 1.165) is 6.07 Å². The molecule has 1 N–H and O–H groups in total. The highest BCUT2D eigenvalue weighted by molar-refractivity contribution is 5.96. The Bertz CT molecular complexity index is 967. The Morgan fingerprint density at radius 3 is 2.11 bits per heavy atom. The van der Waals surface area contributed by atoms with E-state index < -0.39 is 58.2 Å². The number of esters is 1. The van der Waals surface area contributed by atoms with Gasteiger partial charge in [0.2, 0.25) is 5.82 Å². The normalized spacial score (nSPS) is 10.5. The number of nitrogens with zero attached hydrogens (tertiary/aromatic N) is 1. The number of nitrogens with one attached hydrogen (secondary N) is 1. The molecule has 0 radical (unpaired) electrons. The lowest BCUT2D eigenvalue weighted by molar-refractivity contribution is -0.385. The summed E-state index contributed by atoms with van der Waals surface area (Å²) in [6.07, 6.45) is 0. The topological polar surface area (TPSA) is 98.5 Å². The van der Waals surface area contributed by atoms with Crippen molar-refractivity contribution in [3.8, 4) is 0 Å². The van der Waals surface area contributed by atoms with Crippen molar-refractivity contribution in [2.24, 2.45) is 0 Å². The molecule has 0 heterocycles. The molecule has 0 fully saturated rings. The number of nitro benzene ring substituents is 1. The summed E-state index contributed by atoms with van der Waals surface area (Å²) in [5, 5.41) is 12.3. The maximum atomic E-state index is 13.5. The Hall–Kier alpha value is -3.57. The van der Waals surface area contributed by atoms with Gasteiger partial charge in [-0.25, -0.2) is 26.7 Å². The lowest BCUT2D eigenvalue weighted by atomic mass is 10.1. The van der Waals surface area contributed by atoms with Crippen LogP contribution in [0.4, 0.5) is 33.3 Å². The predicted octanol–water partition coefficient (Wildman–Crippen LogP) is 3.39. The summed E-state index contributed by atoms with van der Waals surface area (Å²) >= 11 is 0. The lowest BCUT2D eigenvalue weighted by Gasteiger charge is -2.10. The molecule has 0 bridgehead atoms. The second kappa shape index (κ2) is 7.98. The SMILES string of the molecule is Cc1c(C(=O)OCC(=O)Nc2c(F)c(F)c(F)c(F)c2F)cccc1[N+](=O)[O-]. The van der Waals surface area contributed by atoms with Gasteiger partial charge in [-0.3, -0.25) is 14.9 Å². The molecule has 2 rings (SSSR count). The zero-order valence-corrected chi connectivity index (χ0v) is 13.8. The maximum Gasteiger partial charge on any atom is 0.339 e. The highest BCUT2D eigenvalue weighted by Gasteiger charge is 2.27. The number of halogens is 5. The van der Waals surface area contributed by atoms with Crippen LogP contribution >= 0.6 is 0 Å². The van der Waals surface area contributed by atoms with Gasteiger partial charge in [0.15, 0.2) is 29.9 Å². The quantitative estimate of drug-likeness (QED) is 0.206. The zero-order chi connectivity index (χ0) is 21.2. The summed E-state index contributed by atoms with van der Waals surface area (Å²) in [6.45, 7) is 0.101. The zero-order valence-electron chi connectivity index (χ0n) is 13.8. The summed E-state index contributed by atoms with van der Waals surface area (Å²) < 4.78 is 70.7. The minimum absolute atomic E-state index is 0.0577. The standard InChI is InChI=1S/C16H9F5N2O5/c1-6-7(3-2-4-8(6)23(26)27)16(25)28-5-9(24)22-15-13(20)11(18)10(17)12(19)14(15)21/h2-4H,5H2,1H3,(H,22,24). The van der Waals surface area contributed by atoms with E-state index >= 15 is 0 Å². The molecular weight excluding hydrogens is 395 g/mol. The number of hydrogen-bond donors (Lipinski definition) is 1. The Labute approximate surface area is 152 Å². The number of benzene rings is 2. The fourth-order valence-corrected chi connectivity index (χ4v) is 2.14. The average Bonchev–Trinajstić information content (AvgIpc) is 2.66.